The van der Waals surface area contributed by atoms with Crippen molar-refractivity contribution < 1.29 is 4.79 Å². The minimum atomic E-state index is 0.183. The third-order valence-electron chi connectivity index (χ3n) is 4.96. The van der Waals surface area contributed by atoms with E-state index in [0.29, 0.717) is 18.4 Å². The molecule has 0 aromatic carbocycles. The van der Waals surface area contributed by atoms with E-state index < -0.39 is 0 Å². The topological polar surface area (TPSA) is 46.3 Å². The molecule has 3 atom stereocenters. The summed E-state index contributed by atoms with van der Waals surface area (Å²) in [6, 6.07) is 0.277. The molecule has 1 aliphatic heterocycles. The van der Waals surface area contributed by atoms with Crippen LogP contribution in [0.3, 0.4) is 0 Å². The second-order valence-corrected chi connectivity index (χ2v) is 6.53. The van der Waals surface area contributed by atoms with E-state index >= 15 is 0 Å². The zero-order chi connectivity index (χ0) is 12.6. The third kappa shape index (κ3) is 2.22. The van der Waals surface area contributed by atoms with E-state index in [1.807, 2.05) is 0 Å². The van der Waals surface area contributed by atoms with Gasteiger partial charge >= 0.3 is 0 Å². The molecule has 0 aromatic rings. The number of carbonyl (C=O) groups excluding carboxylic acids is 1. The van der Waals surface area contributed by atoms with Crippen LogP contribution in [0.4, 0.5) is 0 Å². The van der Waals surface area contributed by atoms with Crippen LogP contribution < -0.4 is 5.73 Å². The van der Waals surface area contributed by atoms with E-state index in [1.165, 1.54) is 12.8 Å². The highest BCUT2D eigenvalue weighted by Crippen LogP contribution is 2.44. The van der Waals surface area contributed by atoms with Gasteiger partial charge in [-0.05, 0) is 30.6 Å². The number of nitrogens with zero attached hydrogens (tertiary/aromatic N) is 1. The number of amides is 1. The molecular formula is C14H26N2O. The number of carbonyl (C=O) groups is 1. The second kappa shape index (κ2) is 4.60. The Labute approximate surface area is 105 Å². The van der Waals surface area contributed by atoms with Gasteiger partial charge in [-0.15, -0.1) is 0 Å². The Morgan fingerprint density at radius 2 is 2.12 bits per heavy atom. The van der Waals surface area contributed by atoms with Crippen LogP contribution in [-0.4, -0.2) is 29.9 Å². The van der Waals surface area contributed by atoms with Gasteiger partial charge in [-0.2, -0.15) is 0 Å². The summed E-state index contributed by atoms with van der Waals surface area (Å²) in [5, 5.41) is 0. The summed E-state index contributed by atoms with van der Waals surface area (Å²) in [7, 11) is 0. The lowest BCUT2D eigenvalue weighted by Gasteiger charge is -2.33. The highest BCUT2D eigenvalue weighted by molar-refractivity contribution is 5.80. The van der Waals surface area contributed by atoms with E-state index in [4.69, 9.17) is 5.73 Å². The molecule has 3 unspecified atom stereocenters. The number of hydrogen-bond donors (Lipinski definition) is 1. The van der Waals surface area contributed by atoms with Crippen molar-refractivity contribution in [2.45, 2.75) is 52.5 Å². The van der Waals surface area contributed by atoms with E-state index in [9.17, 15) is 4.79 Å². The number of likely N-dealkylation sites (tertiary alicyclic amines) is 1. The van der Waals surface area contributed by atoms with Crippen molar-refractivity contribution >= 4 is 5.91 Å². The lowest BCUT2D eigenvalue weighted by atomic mass is 9.81. The monoisotopic (exact) mass is 238 g/mol. The average Bonchev–Trinajstić information content (AvgIpc) is 2.80. The number of rotatable bonds is 2. The Kier molecular flexibility index (Phi) is 3.48. The Bertz CT molecular complexity index is 301. The van der Waals surface area contributed by atoms with Gasteiger partial charge in [0.2, 0.25) is 5.91 Å². The molecule has 2 N–H and O–H groups in total. The molecule has 98 valence electrons. The fourth-order valence-corrected chi connectivity index (χ4v) is 3.63. The van der Waals surface area contributed by atoms with Crippen molar-refractivity contribution in [3.05, 3.63) is 0 Å². The zero-order valence-corrected chi connectivity index (χ0v) is 11.4. The van der Waals surface area contributed by atoms with Crippen LogP contribution >= 0.6 is 0 Å². The Morgan fingerprint density at radius 3 is 2.65 bits per heavy atom. The first-order valence-corrected chi connectivity index (χ1v) is 6.98. The minimum Gasteiger partial charge on any atom is -0.338 e. The van der Waals surface area contributed by atoms with Gasteiger partial charge in [0.25, 0.3) is 0 Å². The number of nitrogens with two attached hydrogens (primary N) is 1. The van der Waals surface area contributed by atoms with Gasteiger partial charge < -0.3 is 10.6 Å². The molecule has 1 aliphatic carbocycles. The van der Waals surface area contributed by atoms with Gasteiger partial charge in [0.05, 0.1) is 0 Å². The molecule has 2 fully saturated rings. The SMILES string of the molecule is CC1CCN(C(=O)C2CCCC2(C)C)C1CN. The molecular weight excluding hydrogens is 212 g/mol. The van der Waals surface area contributed by atoms with Gasteiger partial charge in [-0.3, -0.25) is 4.79 Å². The standard InChI is InChI=1S/C14H26N2O/c1-10-6-8-16(12(10)9-15)13(17)11-5-4-7-14(11,2)3/h10-12H,4-9,15H2,1-3H3. The van der Waals surface area contributed by atoms with E-state index in [0.717, 1.165) is 19.4 Å². The Balaban J connectivity index is 2.10. The molecule has 3 nitrogen and oxygen atoms in total. The molecule has 0 spiro atoms. The zero-order valence-electron chi connectivity index (χ0n) is 11.4. The maximum Gasteiger partial charge on any atom is 0.226 e. The first-order chi connectivity index (χ1) is 7.97. The van der Waals surface area contributed by atoms with Gasteiger partial charge in [0, 0.05) is 25.0 Å². The van der Waals surface area contributed by atoms with Crippen molar-refractivity contribution in [2.24, 2.45) is 23.0 Å². The normalized spacial score (nSPS) is 36.5. The summed E-state index contributed by atoms with van der Waals surface area (Å²) in [6.45, 7) is 8.21. The van der Waals surface area contributed by atoms with Crippen molar-refractivity contribution in [2.75, 3.05) is 13.1 Å². The Morgan fingerprint density at radius 1 is 1.41 bits per heavy atom. The Hall–Kier alpha value is -0.570. The smallest absolute Gasteiger partial charge is 0.226 e. The van der Waals surface area contributed by atoms with Crippen LogP contribution in [0.5, 0.6) is 0 Å². The molecule has 2 rings (SSSR count). The van der Waals surface area contributed by atoms with Crippen LogP contribution in [0, 0.1) is 17.3 Å². The van der Waals surface area contributed by atoms with Crippen LogP contribution in [-0.2, 0) is 4.79 Å². The van der Waals surface area contributed by atoms with E-state index in [2.05, 4.69) is 25.7 Å². The first kappa shape index (κ1) is 12.9. The molecule has 1 saturated carbocycles. The summed E-state index contributed by atoms with van der Waals surface area (Å²) in [5.74, 6) is 1.16. The quantitative estimate of drug-likeness (QED) is 0.800. The van der Waals surface area contributed by atoms with Crippen LogP contribution in [0.15, 0.2) is 0 Å². The molecule has 2 aliphatic rings. The molecule has 1 amide bonds. The van der Waals surface area contributed by atoms with Crippen molar-refractivity contribution in [1.82, 2.24) is 4.90 Å². The summed E-state index contributed by atoms with van der Waals surface area (Å²) in [4.78, 5) is 14.7. The second-order valence-electron chi connectivity index (χ2n) is 6.53. The highest BCUT2D eigenvalue weighted by atomic mass is 16.2. The average molecular weight is 238 g/mol. The highest BCUT2D eigenvalue weighted by Gasteiger charge is 2.44. The predicted molar refractivity (Wildman–Crippen MR) is 69.5 cm³/mol. The molecule has 0 aromatic heterocycles. The molecule has 17 heavy (non-hydrogen) atoms. The molecule has 3 heteroatoms. The summed E-state index contributed by atoms with van der Waals surface area (Å²) >= 11 is 0. The molecule has 0 radical (unpaired) electrons. The van der Waals surface area contributed by atoms with E-state index in [-0.39, 0.29) is 17.4 Å². The van der Waals surface area contributed by atoms with Crippen LogP contribution in [0.1, 0.15) is 46.5 Å². The van der Waals surface area contributed by atoms with Gasteiger partial charge in [0.1, 0.15) is 0 Å². The summed E-state index contributed by atoms with van der Waals surface area (Å²) in [5.41, 5.74) is 6.01. The van der Waals surface area contributed by atoms with E-state index in [1.54, 1.807) is 0 Å². The fourth-order valence-electron chi connectivity index (χ4n) is 3.63. The van der Waals surface area contributed by atoms with Gasteiger partial charge in [0.15, 0.2) is 0 Å². The molecule has 1 heterocycles. The lowest BCUT2D eigenvalue weighted by Crippen LogP contribution is -2.46. The van der Waals surface area contributed by atoms with Crippen LogP contribution in [0.2, 0.25) is 0 Å². The summed E-state index contributed by atoms with van der Waals surface area (Å²) < 4.78 is 0. The minimum absolute atomic E-state index is 0.183. The first-order valence-electron chi connectivity index (χ1n) is 6.98. The third-order valence-corrected chi connectivity index (χ3v) is 4.96. The predicted octanol–water partition coefficient (Wildman–Crippen LogP) is 2.01. The maximum absolute atomic E-state index is 12.6. The largest absolute Gasteiger partial charge is 0.338 e. The van der Waals surface area contributed by atoms with Crippen molar-refractivity contribution in [3.63, 3.8) is 0 Å². The maximum atomic E-state index is 12.6. The van der Waals surface area contributed by atoms with Crippen molar-refractivity contribution in [3.8, 4) is 0 Å². The van der Waals surface area contributed by atoms with Crippen LogP contribution in [0.25, 0.3) is 0 Å². The summed E-state index contributed by atoms with van der Waals surface area (Å²) in [6.07, 6.45) is 4.55. The molecule has 1 saturated heterocycles. The van der Waals surface area contributed by atoms with Gasteiger partial charge in [-0.1, -0.05) is 27.2 Å². The molecule has 0 bridgehead atoms. The fraction of sp³-hybridized carbons (Fsp3) is 0.929. The van der Waals surface area contributed by atoms with Crippen molar-refractivity contribution in [1.29, 1.82) is 0 Å². The van der Waals surface area contributed by atoms with Gasteiger partial charge in [-0.25, -0.2) is 0 Å². The lowest BCUT2D eigenvalue weighted by molar-refractivity contribution is -0.139. The number of hydrogen-bond acceptors (Lipinski definition) is 2.